The second-order valence-electron chi connectivity index (χ2n) is 10.7. The average Bonchev–Trinajstić information content (AvgIpc) is 3.60. The first kappa shape index (κ1) is 23.1. The molecule has 4 aromatic rings. The third kappa shape index (κ3) is 4.49. The summed E-state index contributed by atoms with van der Waals surface area (Å²) in [6, 6.07) is 13.4. The lowest BCUT2D eigenvalue weighted by Gasteiger charge is -2.36. The summed E-state index contributed by atoms with van der Waals surface area (Å²) in [6.07, 6.45) is 4.16. The van der Waals surface area contributed by atoms with Gasteiger partial charge in [0, 0.05) is 59.9 Å². The summed E-state index contributed by atoms with van der Waals surface area (Å²) in [5, 5.41) is 4.51. The summed E-state index contributed by atoms with van der Waals surface area (Å²) < 4.78 is 16.1. The molecule has 0 spiro atoms. The Balaban J connectivity index is 1.42. The van der Waals surface area contributed by atoms with E-state index in [1.165, 1.54) is 24.0 Å². The van der Waals surface area contributed by atoms with Crippen LogP contribution in [0.4, 0.5) is 10.3 Å². The Morgan fingerprint density at radius 2 is 1.78 bits per heavy atom. The average molecular weight is 485 g/mol. The van der Waals surface area contributed by atoms with Gasteiger partial charge in [0.05, 0.1) is 0 Å². The first-order valence-electron chi connectivity index (χ1n) is 12.9. The van der Waals surface area contributed by atoms with Crippen molar-refractivity contribution in [1.29, 1.82) is 0 Å². The Kier molecular flexibility index (Phi) is 5.77. The van der Waals surface area contributed by atoms with E-state index in [0.717, 1.165) is 41.7 Å². The number of fused-ring (bicyclic) bond motifs is 1. The number of aromatic amines is 1. The third-order valence-corrected chi connectivity index (χ3v) is 7.34. The molecular formula is C29H33FN6. The molecular weight excluding hydrogens is 451 g/mol. The molecule has 1 aliphatic heterocycles. The van der Waals surface area contributed by atoms with E-state index in [2.05, 4.69) is 57.2 Å². The molecule has 7 heteroatoms. The molecule has 0 unspecified atom stereocenters. The number of hydrogen-bond donors (Lipinski definition) is 3. The SMILES string of the molecule is Cc1ccc2c(-c3nc(N)nc(-c4cc(CN5C[C@@H](C)N[C@@H](C)C5)cc(C5CC5)c4)c3F)c[nH]c2c1. The topological polar surface area (TPSA) is 82.9 Å². The van der Waals surface area contributed by atoms with Gasteiger partial charge < -0.3 is 16.0 Å². The van der Waals surface area contributed by atoms with Crippen molar-refractivity contribution in [1.82, 2.24) is 25.2 Å². The van der Waals surface area contributed by atoms with Crippen molar-refractivity contribution < 1.29 is 4.39 Å². The Labute approximate surface area is 211 Å². The molecule has 2 aromatic carbocycles. The van der Waals surface area contributed by atoms with E-state index in [4.69, 9.17) is 5.73 Å². The molecule has 0 radical (unpaired) electrons. The second-order valence-corrected chi connectivity index (χ2v) is 10.7. The van der Waals surface area contributed by atoms with Crippen LogP contribution in [0.1, 0.15) is 49.3 Å². The zero-order valence-corrected chi connectivity index (χ0v) is 21.1. The number of halogens is 1. The monoisotopic (exact) mass is 484 g/mol. The van der Waals surface area contributed by atoms with Gasteiger partial charge in [0.2, 0.25) is 5.95 Å². The van der Waals surface area contributed by atoms with Gasteiger partial charge in [-0.25, -0.2) is 14.4 Å². The van der Waals surface area contributed by atoms with E-state index < -0.39 is 5.82 Å². The molecule has 1 saturated carbocycles. The number of hydrogen-bond acceptors (Lipinski definition) is 5. The highest BCUT2D eigenvalue weighted by atomic mass is 19.1. The van der Waals surface area contributed by atoms with Gasteiger partial charge in [-0.1, -0.05) is 18.2 Å². The molecule has 4 N–H and O–H groups in total. The maximum absolute atomic E-state index is 16.1. The maximum Gasteiger partial charge on any atom is 0.221 e. The highest BCUT2D eigenvalue weighted by molar-refractivity contribution is 5.95. The van der Waals surface area contributed by atoms with E-state index >= 15 is 4.39 Å². The molecule has 2 aliphatic rings. The fourth-order valence-corrected chi connectivity index (χ4v) is 5.70. The van der Waals surface area contributed by atoms with Crippen LogP contribution < -0.4 is 11.1 Å². The summed E-state index contributed by atoms with van der Waals surface area (Å²) >= 11 is 0. The number of nitrogen functional groups attached to an aromatic ring is 1. The summed E-state index contributed by atoms with van der Waals surface area (Å²) in [7, 11) is 0. The van der Waals surface area contributed by atoms with Crippen LogP contribution >= 0.6 is 0 Å². The summed E-state index contributed by atoms with van der Waals surface area (Å²) in [5.74, 6) is 0.183. The van der Waals surface area contributed by atoms with Gasteiger partial charge in [-0.15, -0.1) is 0 Å². The summed E-state index contributed by atoms with van der Waals surface area (Å²) in [6.45, 7) is 9.30. The van der Waals surface area contributed by atoms with Gasteiger partial charge in [-0.2, -0.15) is 0 Å². The van der Waals surface area contributed by atoms with Gasteiger partial charge in [0.1, 0.15) is 11.4 Å². The molecule has 0 bridgehead atoms. The number of rotatable bonds is 5. The van der Waals surface area contributed by atoms with Crippen molar-refractivity contribution in [3.8, 4) is 22.5 Å². The van der Waals surface area contributed by atoms with Crippen LogP contribution in [0.2, 0.25) is 0 Å². The number of nitrogens with zero attached hydrogens (tertiary/aromatic N) is 3. The molecule has 0 amide bonds. The van der Waals surface area contributed by atoms with Crippen LogP contribution in [0, 0.1) is 12.7 Å². The normalized spacial score (nSPS) is 20.8. The van der Waals surface area contributed by atoms with Gasteiger partial charge >= 0.3 is 0 Å². The zero-order valence-electron chi connectivity index (χ0n) is 21.1. The van der Waals surface area contributed by atoms with Crippen molar-refractivity contribution in [3.63, 3.8) is 0 Å². The molecule has 2 aromatic heterocycles. The molecule has 36 heavy (non-hydrogen) atoms. The highest BCUT2D eigenvalue weighted by Crippen LogP contribution is 2.42. The maximum atomic E-state index is 16.1. The Morgan fingerprint density at radius 3 is 2.53 bits per heavy atom. The Bertz CT molecular complexity index is 1430. The van der Waals surface area contributed by atoms with E-state index in [1.807, 2.05) is 25.1 Å². The lowest BCUT2D eigenvalue weighted by atomic mass is 9.98. The first-order chi connectivity index (χ1) is 17.3. The minimum absolute atomic E-state index is 0.0750. The van der Waals surface area contributed by atoms with Crippen LogP contribution in [0.25, 0.3) is 33.4 Å². The van der Waals surface area contributed by atoms with Crippen LogP contribution in [-0.4, -0.2) is 45.0 Å². The minimum atomic E-state index is -0.436. The quantitative estimate of drug-likeness (QED) is 0.354. The van der Waals surface area contributed by atoms with Crippen LogP contribution in [0.5, 0.6) is 0 Å². The van der Waals surface area contributed by atoms with Crippen LogP contribution in [-0.2, 0) is 6.54 Å². The zero-order chi connectivity index (χ0) is 25.0. The van der Waals surface area contributed by atoms with Gasteiger partial charge in [-0.3, -0.25) is 4.90 Å². The molecule has 186 valence electrons. The number of nitrogens with one attached hydrogen (secondary N) is 2. The predicted molar refractivity (Wildman–Crippen MR) is 143 cm³/mol. The van der Waals surface area contributed by atoms with Crippen molar-refractivity contribution in [2.24, 2.45) is 0 Å². The number of nitrogens with two attached hydrogens (primary N) is 1. The van der Waals surface area contributed by atoms with Crippen LogP contribution in [0.15, 0.2) is 42.6 Å². The third-order valence-electron chi connectivity index (χ3n) is 7.34. The van der Waals surface area contributed by atoms with E-state index in [9.17, 15) is 0 Å². The standard InChI is InChI=1S/C29H33FN6/c1-16-4-7-23-24(12-32-25(23)8-16)28-26(30)27(34-29(31)35-28)22-10-19(9-21(11-22)20-5-6-20)15-36-13-17(2)33-18(3)14-36/h4,7-12,17-18,20,32-33H,5-6,13-15H2,1-3H3,(H2,31,34,35)/t17-,18+. The highest BCUT2D eigenvalue weighted by Gasteiger charge is 2.27. The Hall–Kier alpha value is -3.29. The van der Waals surface area contributed by atoms with Crippen molar-refractivity contribution in [2.75, 3.05) is 18.8 Å². The van der Waals surface area contributed by atoms with E-state index in [1.54, 1.807) is 6.20 Å². The summed E-state index contributed by atoms with van der Waals surface area (Å²) in [4.78, 5) is 14.5. The lowest BCUT2D eigenvalue weighted by Crippen LogP contribution is -2.53. The smallest absolute Gasteiger partial charge is 0.221 e. The molecule has 3 heterocycles. The number of piperazine rings is 1. The number of benzene rings is 2. The molecule has 2 atom stereocenters. The van der Waals surface area contributed by atoms with E-state index in [-0.39, 0.29) is 17.3 Å². The van der Waals surface area contributed by atoms with Crippen molar-refractivity contribution in [3.05, 3.63) is 65.1 Å². The van der Waals surface area contributed by atoms with Crippen LogP contribution in [0.3, 0.4) is 0 Å². The second kappa shape index (κ2) is 8.98. The van der Waals surface area contributed by atoms with Gasteiger partial charge in [0.15, 0.2) is 5.82 Å². The molecule has 6 rings (SSSR count). The lowest BCUT2D eigenvalue weighted by molar-refractivity contribution is 0.166. The van der Waals surface area contributed by atoms with Gasteiger partial charge in [-0.05, 0) is 74.4 Å². The largest absolute Gasteiger partial charge is 0.368 e. The number of aromatic nitrogens is 3. The molecule has 1 saturated heterocycles. The predicted octanol–water partition coefficient (Wildman–Crippen LogP) is 5.38. The number of aryl methyl sites for hydroxylation is 1. The summed E-state index contributed by atoms with van der Waals surface area (Å²) in [5.41, 5.74) is 12.7. The fourth-order valence-electron chi connectivity index (χ4n) is 5.70. The van der Waals surface area contributed by atoms with Crippen molar-refractivity contribution >= 4 is 16.9 Å². The number of H-pyrrole nitrogens is 1. The van der Waals surface area contributed by atoms with Gasteiger partial charge in [0.25, 0.3) is 0 Å². The molecule has 6 nitrogen and oxygen atoms in total. The fraction of sp³-hybridized carbons (Fsp3) is 0.379. The minimum Gasteiger partial charge on any atom is -0.368 e. The first-order valence-corrected chi connectivity index (χ1v) is 12.9. The number of anilines is 1. The van der Waals surface area contributed by atoms with E-state index in [0.29, 0.717) is 23.6 Å². The van der Waals surface area contributed by atoms with Crippen molar-refractivity contribution in [2.45, 2.75) is 58.2 Å². The molecule has 2 fully saturated rings. The Morgan fingerprint density at radius 1 is 1.03 bits per heavy atom. The molecule has 1 aliphatic carbocycles.